The Balaban J connectivity index is 2.39. The lowest BCUT2D eigenvalue weighted by atomic mass is 10.1. The van der Waals surface area contributed by atoms with Crippen molar-refractivity contribution in [3.8, 4) is 0 Å². The van der Waals surface area contributed by atoms with Crippen LogP contribution in [0, 0.1) is 0 Å². The Kier molecular flexibility index (Phi) is 1.24. The molecule has 0 saturated heterocycles. The maximum absolute atomic E-state index is 3.99. The van der Waals surface area contributed by atoms with Gasteiger partial charge in [0.15, 0.2) is 0 Å². The molecule has 3 heteroatoms. The molecule has 0 radical (unpaired) electrons. The second kappa shape index (κ2) is 2.12. The summed E-state index contributed by atoms with van der Waals surface area (Å²) in [4.78, 5) is 0. The van der Waals surface area contributed by atoms with Crippen LogP contribution in [0.25, 0.3) is 0 Å². The van der Waals surface area contributed by atoms with Crippen LogP contribution in [0.3, 0.4) is 0 Å². The minimum Gasteiger partial charge on any atom is -0.122 e. The topological polar surface area (TPSA) is 27.7 Å². The molecule has 11 heavy (non-hydrogen) atoms. The Bertz CT molecular complexity index is 307. The van der Waals surface area contributed by atoms with Gasteiger partial charge in [-0.05, 0) is 24.6 Å². The lowest BCUT2D eigenvalue weighted by molar-refractivity contribution is -0.534. The quantitative estimate of drug-likeness (QED) is 0.467. The van der Waals surface area contributed by atoms with Gasteiger partial charge in [0.2, 0.25) is 11.8 Å². The molecule has 2 aliphatic rings. The van der Waals surface area contributed by atoms with E-state index in [-0.39, 0.29) is 6.04 Å². The summed E-state index contributed by atoms with van der Waals surface area (Å²) >= 11 is 0. The third-order valence-corrected chi connectivity index (χ3v) is 1.93. The van der Waals surface area contributed by atoms with E-state index in [0.717, 1.165) is 5.71 Å². The first-order chi connectivity index (χ1) is 5.27. The minimum absolute atomic E-state index is 0.278. The number of rotatable bonds is 0. The number of fused-ring (bicyclic) bond motifs is 1. The van der Waals surface area contributed by atoms with Gasteiger partial charge in [-0.2, -0.15) is 0 Å². The molecular weight excluding hydrogens is 138 g/mol. The number of hydrogen-bond acceptors (Lipinski definition) is 2. The molecule has 56 valence electrons. The monoisotopic (exact) mass is 148 g/mol. The summed E-state index contributed by atoms with van der Waals surface area (Å²) in [5.41, 5.74) is 2.34. The van der Waals surface area contributed by atoms with Gasteiger partial charge in [0, 0.05) is 6.92 Å². The highest BCUT2D eigenvalue weighted by Gasteiger charge is 2.29. The van der Waals surface area contributed by atoms with E-state index in [9.17, 15) is 0 Å². The highest BCUT2D eigenvalue weighted by Crippen LogP contribution is 2.15. The van der Waals surface area contributed by atoms with E-state index in [1.54, 1.807) is 0 Å². The maximum atomic E-state index is 3.99. The van der Waals surface area contributed by atoms with Crippen molar-refractivity contribution >= 4 is 5.71 Å². The predicted molar refractivity (Wildman–Crippen MR) is 42.5 cm³/mol. The maximum Gasteiger partial charge on any atom is 0.205 e. The zero-order valence-corrected chi connectivity index (χ0v) is 6.65. The van der Waals surface area contributed by atoms with Crippen LogP contribution in [0.4, 0.5) is 0 Å². The SMILES string of the molecule is CC1=CC2C(C)=NN=[N+]2C=C1. The summed E-state index contributed by atoms with van der Waals surface area (Å²) in [7, 11) is 0. The van der Waals surface area contributed by atoms with Gasteiger partial charge in [0.25, 0.3) is 0 Å². The zero-order chi connectivity index (χ0) is 7.84. The number of hydrogen-bond donors (Lipinski definition) is 0. The third-order valence-electron chi connectivity index (χ3n) is 1.93. The second-order valence-corrected chi connectivity index (χ2v) is 2.88. The van der Waals surface area contributed by atoms with Crippen LogP contribution in [0.15, 0.2) is 34.2 Å². The van der Waals surface area contributed by atoms with Gasteiger partial charge in [-0.1, -0.05) is 0 Å². The molecule has 2 aliphatic heterocycles. The fourth-order valence-corrected chi connectivity index (χ4v) is 1.25. The van der Waals surface area contributed by atoms with E-state index >= 15 is 0 Å². The van der Waals surface area contributed by atoms with Gasteiger partial charge in [-0.15, -0.1) is 4.70 Å². The van der Waals surface area contributed by atoms with Crippen LogP contribution in [0.2, 0.25) is 0 Å². The molecule has 0 bridgehead atoms. The second-order valence-electron chi connectivity index (χ2n) is 2.88. The first-order valence-corrected chi connectivity index (χ1v) is 3.67. The van der Waals surface area contributed by atoms with E-state index in [2.05, 4.69) is 23.3 Å². The van der Waals surface area contributed by atoms with Crippen molar-refractivity contribution < 1.29 is 4.70 Å². The zero-order valence-electron chi connectivity index (χ0n) is 6.65. The fraction of sp³-hybridized carbons (Fsp3) is 0.375. The summed E-state index contributed by atoms with van der Waals surface area (Å²) < 4.78 is 1.86. The van der Waals surface area contributed by atoms with Gasteiger partial charge in [-0.25, -0.2) is 0 Å². The van der Waals surface area contributed by atoms with Crippen molar-refractivity contribution in [3.05, 3.63) is 23.9 Å². The molecule has 0 fully saturated rings. The van der Waals surface area contributed by atoms with Crippen molar-refractivity contribution in [3.63, 3.8) is 0 Å². The predicted octanol–water partition coefficient (Wildman–Crippen LogP) is 1.68. The van der Waals surface area contributed by atoms with E-state index in [1.165, 1.54) is 5.57 Å². The van der Waals surface area contributed by atoms with E-state index in [1.807, 2.05) is 23.9 Å². The molecular formula is C8H10N3+. The molecule has 0 aromatic rings. The van der Waals surface area contributed by atoms with Gasteiger partial charge in [-0.3, -0.25) is 0 Å². The fourth-order valence-electron chi connectivity index (χ4n) is 1.25. The molecule has 0 aromatic carbocycles. The minimum atomic E-state index is 0.278. The smallest absolute Gasteiger partial charge is 0.122 e. The third kappa shape index (κ3) is 0.926. The first kappa shape index (κ1) is 6.46. The lowest BCUT2D eigenvalue weighted by Crippen LogP contribution is -2.24. The highest BCUT2D eigenvalue weighted by molar-refractivity contribution is 5.88. The summed E-state index contributed by atoms with van der Waals surface area (Å²) in [6, 6.07) is 0.278. The molecule has 2 heterocycles. The molecule has 0 aromatic heterocycles. The van der Waals surface area contributed by atoms with Gasteiger partial charge >= 0.3 is 0 Å². The Morgan fingerprint density at radius 3 is 3.09 bits per heavy atom. The van der Waals surface area contributed by atoms with Crippen molar-refractivity contribution in [2.45, 2.75) is 19.9 Å². The van der Waals surface area contributed by atoms with Crippen LogP contribution < -0.4 is 0 Å². The molecule has 3 nitrogen and oxygen atoms in total. The Morgan fingerprint density at radius 1 is 1.45 bits per heavy atom. The van der Waals surface area contributed by atoms with Crippen LogP contribution in [-0.4, -0.2) is 16.5 Å². The summed E-state index contributed by atoms with van der Waals surface area (Å²) in [6.07, 6.45) is 6.16. The molecule has 1 atom stereocenters. The molecule has 0 amide bonds. The van der Waals surface area contributed by atoms with Crippen LogP contribution >= 0.6 is 0 Å². The molecule has 0 aliphatic carbocycles. The molecule has 0 spiro atoms. The average molecular weight is 148 g/mol. The molecule has 0 saturated carbocycles. The molecule has 0 N–H and O–H groups in total. The summed E-state index contributed by atoms with van der Waals surface area (Å²) in [5.74, 6) is 0. The van der Waals surface area contributed by atoms with Gasteiger partial charge in [0.1, 0.15) is 11.4 Å². The molecule has 2 rings (SSSR count). The Hall–Kier alpha value is -1.25. The van der Waals surface area contributed by atoms with Gasteiger partial charge in [0.05, 0.1) is 5.10 Å². The van der Waals surface area contributed by atoms with Crippen LogP contribution in [0.5, 0.6) is 0 Å². The standard InChI is InChI=1S/C8H10N3/c1-6-3-4-11-8(5-6)7(2)9-10-11/h3-5,8H,1-2H3/q+1. The van der Waals surface area contributed by atoms with Crippen LogP contribution in [0.1, 0.15) is 13.8 Å². The van der Waals surface area contributed by atoms with E-state index in [4.69, 9.17) is 0 Å². The Labute approximate surface area is 65.4 Å². The molecule has 1 unspecified atom stereocenters. The average Bonchev–Trinajstić information content (AvgIpc) is 2.33. The highest BCUT2D eigenvalue weighted by atomic mass is 15.5. The van der Waals surface area contributed by atoms with Crippen LogP contribution in [-0.2, 0) is 0 Å². The van der Waals surface area contributed by atoms with Crippen molar-refractivity contribution in [2.75, 3.05) is 0 Å². The summed E-state index contributed by atoms with van der Waals surface area (Å²) in [6.45, 7) is 4.08. The van der Waals surface area contributed by atoms with Crippen molar-refractivity contribution in [1.29, 1.82) is 0 Å². The number of allylic oxidation sites excluding steroid dienone is 2. The first-order valence-electron chi connectivity index (χ1n) is 3.67. The van der Waals surface area contributed by atoms with Crippen molar-refractivity contribution in [1.82, 2.24) is 0 Å². The lowest BCUT2D eigenvalue weighted by Gasteiger charge is -2.06. The largest absolute Gasteiger partial charge is 0.205 e. The Morgan fingerprint density at radius 2 is 2.27 bits per heavy atom. The van der Waals surface area contributed by atoms with Gasteiger partial charge < -0.3 is 0 Å². The normalized spacial score (nSPS) is 27.5. The summed E-state index contributed by atoms with van der Waals surface area (Å²) in [5, 5.41) is 7.95. The number of nitrogens with zero attached hydrogens (tertiary/aromatic N) is 3. The van der Waals surface area contributed by atoms with E-state index < -0.39 is 0 Å². The van der Waals surface area contributed by atoms with Crippen molar-refractivity contribution in [2.24, 2.45) is 10.3 Å². The van der Waals surface area contributed by atoms with E-state index in [0.29, 0.717) is 0 Å².